The minimum absolute atomic E-state index is 0. The van der Waals surface area contributed by atoms with Crippen molar-refractivity contribution in [1.82, 2.24) is 0 Å². The first-order valence-electron chi connectivity index (χ1n) is 7.75. The second-order valence-corrected chi connectivity index (χ2v) is 5.38. The van der Waals surface area contributed by atoms with Gasteiger partial charge in [0, 0.05) is 17.5 Å². The SMILES string of the molecule is COc1cc(C(=O)Cc2cccc(C(N)=O)c2OC)cc(OC)c1OC.Cl. The molecule has 0 aliphatic carbocycles. The number of rotatable bonds is 8. The number of nitrogens with two attached hydrogens (primary N) is 1. The lowest BCUT2D eigenvalue weighted by molar-refractivity contribution is 0.0980. The fourth-order valence-electron chi connectivity index (χ4n) is 2.68. The van der Waals surface area contributed by atoms with E-state index in [2.05, 4.69) is 0 Å². The van der Waals surface area contributed by atoms with Gasteiger partial charge in [0.05, 0.1) is 34.0 Å². The van der Waals surface area contributed by atoms with E-state index in [4.69, 9.17) is 24.7 Å². The van der Waals surface area contributed by atoms with Gasteiger partial charge in [0.25, 0.3) is 5.91 Å². The summed E-state index contributed by atoms with van der Waals surface area (Å²) in [5.41, 5.74) is 6.52. The number of para-hydroxylation sites is 1. The predicted octanol–water partition coefficient (Wildman–Crippen LogP) is 2.67. The number of hydrogen-bond acceptors (Lipinski definition) is 6. The number of amides is 1. The van der Waals surface area contributed by atoms with E-state index in [1.165, 1.54) is 28.4 Å². The molecule has 2 aromatic rings. The molecule has 8 heteroatoms. The van der Waals surface area contributed by atoms with Crippen LogP contribution in [0.15, 0.2) is 30.3 Å². The van der Waals surface area contributed by atoms with Crippen LogP contribution in [0, 0.1) is 0 Å². The molecule has 0 bridgehead atoms. The van der Waals surface area contributed by atoms with Crippen LogP contribution in [0.2, 0.25) is 0 Å². The van der Waals surface area contributed by atoms with E-state index < -0.39 is 5.91 Å². The maximum absolute atomic E-state index is 12.8. The topological polar surface area (TPSA) is 97.1 Å². The van der Waals surface area contributed by atoms with Crippen molar-refractivity contribution >= 4 is 24.1 Å². The van der Waals surface area contributed by atoms with Gasteiger partial charge in [-0.05, 0) is 18.2 Å². The van der Waals surface area contributed by atoms with E-state index in [0.29, 0.717) is 34.1 Å². The van der Waals surface area contributed by atoms with E-state index in [-0.39, 0.29) is 30.2 Å². The highest BCUT2D eigenvalue weighted by Gasteiger charge is 2.20. The van der Waals surface area contributed by atoms with Gasteiger partial charge in [-0.1, -0.05) is 12.1 Å². The molecule has 0 fully saturated rings. The highest BCUT2D eigenvalue weighted by molar-refractivity contribution is 6.00. The Morgan fingerprint density at radius 3 is 1.89 bits per heavy atom. The Hall–Kier alpha value is -2.93. The van der Waals surface area contributed by atoms with Crippen molar-refractivity contribution < 1.29 is 28.5 Å². The molecule has 0 saturated heterocycles. The second kappa shape index (κ2) is 9.68. The quantitative estimate of drug-likeness (QED) is 0.690. The number of methoxy groups -OCH3 is 4. The third-order valence-electron chi connectivity index (χ3n) is 3.90. The van der Waals surface area contributed by atoms with Crippen LogP contribution in [0.4, 0.5) is 0 Å². The number of primary amides is 1. The normalized spacial score (nSPS) is 9.78. The molecule has 2 rings (SSSR count). The molecule has 0 saturated carbocycles. The van der Waals surface area contributed by atoms with Crippen molar-refractivity contribution in [3.8, 4) is 23.0 Å². The lowest BCUT2D eigenvalue weighted by atomic mass is 9.99. The fraction of sp³-hybridized carbons (Fsp3) is 0.263. The molecule has 1 amide bonds. The molecule has 7 nitrogen and oxygen atoms in total. The Morgan fingerprint density at radius 2 is 1.44 bits per heavy atom. The second-order valence-electron chi connectivity index (χ2n) is 5.38. The summed E-state index contributed by atoms with van der Waals surface area (Å²) in [7, 11) is 5.87. The van der Waals surface area contributed by atoms with Gasteiger partial charge in [0.15, 0.2) is 17.3 Å². The molecule has 0 atom stereocenters. The third-order valence-corrected chi connectivity index (χ3v) is 3.90. The first kappa shape index (κ1) is 22.1. The Bertz CT molecular complexity index is 812. The largest absolute Gasteiger partial charge is 0.496 e. The van der Waals surface area contributed by atoms with E-state index in [1.807, 2.05) is 0 Å². The minimum atomic E-state index is -0.621. The van der Waals surface area contributed by atoms with Crippen molar-refractivity contribution in [2.45, 2.75) is 6.42 Å². The molecule has 0 radical (unpaired) electrons. The zero-order valence-corrected chi connectivity index (χ0v) is 16.3. The number of Topliss-reactive ketones (excluding diaryl/α,β-unsaturated/α-hetero) is 1. The zero-order valence-electron chi connectivity index (χ0n) is 15.5. The van der Waals surface area contributed by atoms with Crippen LogP contribution in [-0.4, -0.2) is 40.1 Å². The molecular weight excluding hydrogens is 374 g/mol. The maximum Gasteiger partial charge on any atom is 0.252 e. The first-order valence-corrected chi connectivity index (χ1v) is 7.75. The maximum atomic E-state index is 12.8. The summed E-state index contributed by atoms with van der Waals surface area (Å²) in [5, 5.41) is 0. The van der Waals surface area contributed by atoms with Crippen LogP contribution in [0.25, 0.3) is 0 Å². The van der Waals surface area contributed by atoms with Crippen LogP contribution in [-0.2, 0) is 6.42 Å². The van der Waals surface area contributed by atoms with Crippen molar-refractivity contribution in [3.05, 3.63) is 47.0 Å². The number of carbonyl (C=O) groups is 2. The number of benzene rings is 2. The number of hydrogen-bond donors (Lipinski definition) is 1. The monoisotopic (exact) mass is 395 g/mol. The molecular formula is C19H22ClNO6. The van der Waals surface area contributed by atoms with Gasteiger partial charge in [0.1, 0.15) is 5.75 Å². The van der Waals surface area contributed by atoms with Crippen LogP contribution < -0.4 is 24.7 Å². The fourth-order valence-corrected chi connectivity index (χ4v) is 2.68. The smallest absolute Gasteiger partial charge is 0.252 e. The predicted molar refractivity (Wildman–Crippen MR) is 103 cm³/mol. The van der Waals surface area contributed by atoms with E-state index in [1.54, 1.807) is 30.3 Å². The zero-order chi connectivity index (χ0) is 19.3. The summed E-state index contributed by atoms with van der Waals surface area (Å²) in [5.74, 6) is 0.634. The van der Waals surface area contributed by atoms with Gasteiger partial charge in [0.2, 0.25) is 5.75 Å². The standard InChI is InChI=1S/C19H21NO6.ClH/c1-23-15-9-12(10-16(24-2)18(15)26-4)14(21)8-11-6-5-7-13(19(20)22)17(11)25-3;/h5-7,9-10H,8H2,1-4H3,(H2,20,22);1H. The molecule has 2 N–H and O–H groups in total. The number of ketones is 1. The average molecular weight is 396 g/mol. The first-order chi connectivity index (χ1) is 12.5. The third kappa shape index (κ3) is 4.62. The van der Waals surface area contributed by atoms with Gasteiger partial charge < -0.3 is 24.7 Å². The van der Waals surface area contributed by atoms with Gasteiger partial charge in [-0.15, -0.1) is 12.4 Å². The highest BCUT2D eigenvalue weighted by atomic mass is 35.5. The molecule has 0 spiro atoms. The summed E-state index contributed by atoms with van der Waals surface area (Å²) in [6, 6.07) is 8.07. The number of carbonyl (C=O) groups excluding carboxylic acids is 2. The average Bonchev–Trinajstić information content (AvgIpc) is 2.66. The van der Waals surface area contributed by atoms with Crippen LogP contribution in [0.1, 0.15) is 26.3 Å². The van der Waals surface area contributed by atoms with Crippen LogP contribution in [0.5, 0.6) is 23.0 Å². The van der Waals surface area contributed by atoms with Crippen molar-refractivity contribution in [1.29, 1.82) is 0 Å². The summed E-state index contributed by atoms with van der Waals surface area (Å²) < 4.78 is 21.1. The molecule has 0 aromatic heterocycles. The van der Waals surface area contributed by atoms with Crippen molar-refractivity contribution in [3.63, 3.8) is 0 Å². The van der Waals surface area contributed by atoms with Crippen LogP contribution in [0.3, 0.4) is 0 Å². The van der Waals surface area contributed by atoms with E-state index in [0.717, 1.165) is 0 Å². The van der Waals surface area contributed by atoms with Gasteiger partial charge in [-0.25, -0.2) is 0 Å². The lowest BCUT2D eigenvalue weighted by Crippen LogP contribution is -2.14. The summed E-state index contributed by atoms with van der Waals surface area (Å²) in [6.45, 7) is 0. The summed E-state index contributed by atoms with van der Waals surface area (Å²) in [6.07, 6.45) is 0.0168. The number of ether oxygens (including phenoxy) is 4. The molecule has 2 aromatic carbocycles. The van der Waals surface area contributed by atoms with Crippen molar-refractivity contribution in [2.24, 2.45) is 5.73 Å². The molecule has 0 aliphatic rings. The van der Waals surface area contributed by atoms with Gasteiger partial charge >= 0.3 is 0 Å². The highest BCUT2D eigenvalue weighted by Crippen LogP contribution is 2.38. The molecule has 0 unspecified atom stereocenters. The summed E-state index contributed by atoms with van der Waals surface area (Å²) in [4.78, 5) is 24.3. The lowest BCUT2D eigenvalue weighted by Gasteiger charge is -2.14. The Labute approximate surface area is 163 Å². The Balaban J connectivity index is 0.00000364. The van der Waals surface area contributed by atoms with Gasteiger partial charge in [-0.2, -0.15) is 0 Å². The molecule has 0 aliphatic heterocycles. The Morgan fingerprint density at radius 1 is 0.889 bits per heavy atom. The van der Waals surface area contributed by atoms with E-state index >= 15 is 0 Å². The molecule has 146 valence electrons. The Kier molecular flexibility index (Phi) is 7.93. The van der Waals surface area contributed by atoms with E-state index in [9.17, 15) is 9.59 Å². The number of halogens is 1. The van der Waals surface area contributed by atoms with Gasteiger partial charge in [-0.3, -0.25) is 9.59 Å². The summed E-state index contributed by atoms with van der Waals surface area (Å²) >= 11 is 0. The molecule has 0 heterocycles. The minimum Gasteiger partial charge on any atom is -0.496 e. The van der Waals surface area contributed by atoms with Crippen molar-refractivity contribution in [2.75, 3.05) is 28.4 Å². The molecule has 27 heavy (non-hydrogen) atoms. The van der Waals surface area contributed by atoms with Crippen LogP contribution >= 0.6 is 12.4 Å².